The molecule has 0 atom stereocenters. The highest BCUT2D eigenvalue weighted by atomic mass is 16.5. The minimum absolute atomic E-state index is 0.267. The van der Waals surface area contributed by atoms with Gasteiger partial charge in [0, 0.05) is 5.56 Å². The summed E-state index contributed by atoms with van der Waals surface area (Å²) in [6.45, 7) is 12.0. The van der Waals surface area contributed by atoms with E-state index in [-0.39, 0.29) is 11.0 Å². The molecule has 5 heteroatoms. The zero-order chi connectivity index (χ0) is 14.3. The lowest BCUT2D eigenvalue weighted by Gasteiger charge is -2.23. The van der Waals surface area contributed by atoms with Crippen molar-refractivity contribution in [1.82, 2.24) is 9.78 Å². The quantitative estimate of drug-likeness (QED) is 0.780. The van der Waals surface area contributed by atoms with Crippen LogP contribution in [0.4, 0.5) is 5.82 Å². The van der Waals surface area contributed by atoms with Gasteiger partial charge in [0.15, 0.2) is 5.69 Å². The molecular formula is C13H23N3O2. The summed E-state index contributed by atoms with van der Waals surface area (Å²) in [6, 6.07) is 0. The molecule has 0 spiro atoms. The molecule has 2 N–H and O–H groups in total. The number of aromatic nitrogens is 2. The Morgan fingerprint density at radius 3 is 2.06 bits per heavy atom. The Kier molecular flexibility index (Phi) is 3.47. The minimum Gasteiger partial charge on any atom is -0.464 e. The third kappa shape index (κ3) is 2.49. The first kappa shape index (κ1) is 14.5. The highest BCUT2D eigenvalue weighted by Gasteiger charge is 2.33. The number of hydrogen-bond acceptors (Lipinski definition) is 4. The van der Waals surface area contributed by atoms with Crippen molar-refractivity contribution in [3.63, 3.8) is 0 Å². The van der Waals surface area contributed by atoms with Crippen LogP contribution in [0, 0.1) is 0 Å². The predicted molar refractivity (Wildman–Crippen MR) is 71.7 cm³/mol. The van der Waals surface area contributed by atoms with Gasteiger partial charge in [0.25, 0.3) is 0 Å². The Bertz CT molecular complexity index is 462. The standard InChI is InChI=1S/C13H23N3O2/c1-12(2,3)8-9(11(17)18-7)15-16(10(8)14)13(4,5)6/h14H2,1-7H3. The van der Waals surface area contributed by atoms with Crippen molar-refractivity contribution in [2.24, 2.45) is 0 Å². The molecule has 0 bridgehead atoms. The first-order valence-electron chi connectivity index (χ1n) is 5.98. The fourth-order valence-electron chi connectivity index (χ4n) is 1.92. The van der Waals surface area contributed by atoms with Crippen molar-refractivity contribution in [3.8, 4) is 0 Å². The van der Waals surface area contributed by atoms with E-state index in [1.54, 1.807) is 4.68 Å². The molecule has 0 saturated carbocycles. The van der Waals surface area contributed by atoms with Crippen molar-refractivity contribution in [3.05, 3.63) is 11.3 Å². The van der Waals surface area contributed by atoms with Crippen LogP contribution in [0.3, 0.4) is 0 Å². The lowest BCUT2D eigenvalue weighted by molar-refractivity contribution is 0.0589. The van der Waals surface area contributed by atoms with Gasteiger partial charge < -0.3 is 10.5 Å². The Balaban J connectivity index is 3.57. The van der Waals surface area contributed by atoms with Crippen LogP contribution in [0.2, 0.25) is 0 Å². The predicted octanol–water partition coefficient (Wildman–Crippen LogP) is 2.30. The Labute approximate surface area is 108 Å². The van der Waals surface area contributed by atoms with Gasteiger partial charge in [-0.2, -0.15) is 5.10 Å². The van der Waals surface area contributed by atoms with E-state index in [0.29, 0.717) is 11.5 Å². The lowest BCUT2D eigenvalue weighted by Crippen LogP contribution is -2.25. The molecule has 0 unspecified atom stereocenters. The molecule has 1 aromatic heterocycles. The number of carbonyl (C=O) groups excluding carboxylic acids is 1. The SMILES string of the molecule is COC(=O)c1nn(C(C)(C)C)c(N)c1C(C)(C)C. The Hall–Kier alpha value is -1.52. The second-order valence-electron chi connectivity index (χ2n) is 6.43. The summed E-state index contributed by atoms with van der Waals surface area (Å²) < 4.78 is 6.46. The van der Waals surface area contributed by atoms with E-state index in [2.05, 4.69) is 5.10 Å². The van der Waals surface area contributed by atoms with Crippen LogP contribution >= 0.6 is 0 Å². The Morgan fingerprint density at radius 1 is 1.22 bits per heavy atom. The van der Waals surface area contributed by atoms with Gasteiger partial charge in [0.05, 0.1) is 12.6 Å². The molecule has 0 aliphatic rings. The summed E-state index contributed by atoms with van der Waals surface area (Å²) in [5.74, 6) is 0.0741. The van der Waals surface area contributed by atoms with Gasteiger partial charge in [-0.1, -0.05) is 20.8 Å². The monoisotopic (exact) mass is 253 g/mol. The molecule has 0 fully saturated rings. The van der Waals surface area contributed by atoms with Crippen molar-refractivity contribution in [1.29, 1.82) is 0 Å². The third-order valence-electron chi connectivity index (χ3n) is 2.69. The molecule has 0 aromatic carbocycles. The van der Waals surface area contributed by atoms with Crippen molar-refractivity contribution in [2.75, 3.05) is 12.8 Å². The number of nitrogen functional groups attached to an aromatic ring is 1. The first-order valence-corrected chi connectivity index (χ1v) is 5.98. The van der Waals surface area contributed by atoms with Gasteiger partial charge in [-0.25, -0.2) is 9.48 Å². The zero-order valence-corrected chi connectivity index (χ0v) is 12.3. The number of carbonyl (C=O) groups is 1. The molecule has 0 radical (unpaired) electrons. The summed E-state index contributed by atoms with van der Waals surface area (Å²) in [4.78, 5) is 11.8. The molecule has 0 aliphatic heterocycles. The molecule has 102 valence electrons. The summed E-state index contributed by atoms with van der Waals surface area (Å²) in [5.41, 5.74) is 6.66. The number of anilines is 1. The summed E-state index contributed by atoms with van der Waals surface area (Å²) in [5, 5.41) is 4.34. The maximum absolute atomic E-state index is 11.8. The number of ether oxygens (including phenoxy) is 1. The van der Waals surface area contributed by atoms with Gasteiger partial charge >= 0.3 is 5.97 Å². The van der Waals surface area contributed by atoms with Gasteiger partial charge in [-0.3, -0.25) is 0 Å². The number of nitrogens with zero attached hydrogens (tertiary/aromatic N) is 2. The largest absolute Gasteiger partial charge is 0.464 e. The van der Waals surface area contributed by atoms with Crippen molar-refractivity contribution >= 4 is 11.8 Å². The Morgan fingerprint density at radius 2 is 1.72 bits per heavy atom. The minimum atomic E-state index is -0.449. The number of esters is 1. The van der Waals surface area contributed by atoms with Crippen LogP contribution in [0.5, 0.6) is 0 Å². The highest BCUT2D eigenvalue weighted by molar-refractivity contribution is 5.91. The number of rotatable bonds is 1. The second kappa shape index (κ2) is 4.30. The van der Waals surface area contributed by atoms with E-state index >= 15 is 0 Å². The molecule has 18 heavy (non-hydrogen) atoms. The molecule has 0 aliphatic carbocycles. The highest BCUT2D eigenvalue weighted by Crippen LogP contribution is 2.34. The van der Waals surface area contributed by atoms with Crippen molar-refractivity contribution in [2.45, 2.75) is 52.5 Å². The summed E-state index contributed by atoms with van der Waals surface area (Å²) in [6.07, 6.45) is 0. The van der Waals surface area contributed by atoms with Gasteiger partial charge in [-0.05, 0) is 26.2 Å². The van der Waals surface area contributed by atoms with E-state index in [1.165, 1.54) is 7.11 Å². The summed E-state index contributed by atoms with van der Waals surface area (Å²) >= 11 is 0. The molecule has 1 aromatic rings. The number of methoxy groups -OCH3 is 1. The van der Waals surface area contributed by atoms with E-state index in [4.69, 9.17) is 10.5 Å². The van der Waals surface area contributed by atoms with Crippen LogP contribution in [0.15, 0.2) is 0 Å². The smallest absolute Gasteiger partial charge is 0.358 e. The van der Waals surface area contributed by atoms with Crippen LogP contribution in [0.25, 0.3) is 0 Å². The maximum atomic E-state index is 11.8. The first-order chi connectivity index (χ1) is 8.00. The van der Waals surface area contributed by atoms with Gasteiger partial charge in [0.2, 0.25) is 0 Å². The zero-order valence-electron chi connectivity index (χ0n) is 12.3. The molecule has 0 amide bonds. The average molecular weight is 253 g/mol. The summed E-state index contributed by atoms with van der Waals surface area (Å²) in [7, 11) is 1.35. The molecule has 1 heterocycles. The van der Waals surface area contributed by atoms with Crippen molar-refractivity contribution < 1.29 is 9.53 Å². The molecule has 0 saturated heterocycles. The maximum Gasteiger partial charge on any atom is 0.358 e. The third-order valence-corrected chi connectivity index (χ3v) is 2.69. The van der Waals surface area contributed by atoms with Crippen LogP contribution < -0.4 is 5.73 Å². The van der Waals surface area contributed by atoms with Gasteiger partial charge in [-0.15, -0.1) is 0 Å². The second-order valence-corrected chi connectivity index (χ2v) is 6.43. The van der Waals surface area contributed by atoms with Gasteiger partial charge in [0.1, 0.15) is 5.82 Å². The number of hydrogen-bond donors (Lipinski definition) is 1. The number of nitrogens with two attached hydrogens (primary N) is 1. The van der Waals surface area contributed by atoms with E-state index in [9.17, 15) is 4.79 Å². The molecule has 5 nitrogen and oxygen atoms in total. The molecule has 1 rings (SSSR count). The van der Waals surface area contributed by atoms with Crippen LogP contribution in [0.1, 0.15) is 57.6 Å². The fourth-order valence-corrected chi connectivity index (χ4v) is 1.92. The van der Waals surface area contributed by atoms with Crippen LogP contribution in [-0.4, -0.2) is 22.9 Å². The normalized spacial score (nSPS) is 12.6. The fraction of sp³-hybridized carbons (Fsp3) is 0.692. The topological polar surface area (TPSA) is 70.1 Å². The van der Waals surface area contributed by atoms with Crippen LogP contribution in [-0.2, 0) is 15.7 Å². The van der Waals surface area contributed by atoms with E-state index in [0.717, 1.165) is 5.56 Å². The van der Waals surface area contributed by atoms with E-state index < -0.39 is 5.97 Å². The van der Waals surface area contributed by atoms with E-state index in [1.807, 2.05) is 41.5 Å². The molecular weight excluding hydrogens is 230 g/mol. The average Bonchev–Trinajstić information content (AvgIpc) is 2.53. The lowest BCUT2D eigenvalue weighted by atomic mass is 9.86.